The number of nitrogens with zero attached hydrogens (tertiary/aromatic N) is 1. The van der Waals surface area contributed by atoms with E-state index in [0.717, 1.165) is 0 Å². The normalized spacial score (nSPS) is 9.85. The number of halogens is 1. The Balaban J connectivity index is 2.36. The molecule has 0 spiro atoms. The molecule has 0 bridgehead atoms. The molecule has 4 nitrogen and oxygen atoms in total. The van der Waals surface area contributed by atoms with Crippen LogP contribution < -0.4 is 4.74 Å². The Bertz CT molecular complexity index is 720. The summed E-state index contributed by atoms with van der Waals surface area (Å²) in [5, 5.41) is 18.1. The van der Waals surface area contributed by atoms with Crippen LogP contribution in [0, 0.1) is 18.3 Å². The highest BCUT2D eigenvalue weighted by Crippen LogP contribution is 2.29. The molecule has 0 aliphatic rings. The van der Waals surface area contributed by atoms with Crippen molar-refractivity contribution in [2.75, 3.05) is 0 Å². The number of aromatic carboxylic acids is 1. The van der Waals surface area contributed by atoms with E-state index in [1.165, 1.54) is 12.1 Å². The maximum atomic E-state index is 11.1. The number of hydrogen-bond donors (Lipinski definition) is 1. The summed E-state index contributed by atoms with van der Waals surface area (Å²) < 4.78 is 5.62. The second-order valence-corrected chi connectivity index (χ2v) is 4.50. The maximum absolute atomic E-state index is 11.1. The molecule has 0 saturated heterocycles. The zero-order chi connectivity index (χ0) is 14.7. The van der Waals surface area contributed by atoms with Gasteiger partial charge >= 0.3 is 5.97 Å². The van der Waals surface area contributed by atoms with Gasteiger partial charge in [0.15, 0.2) is 0 Å². The van der Waals surface area contributed by atoms with Gasteiger partial charge in [-0.25, -0.2) is 4.79 Å². The molecule has 5 heteroatoms. The fourth-order valence-electron chi connectivity index (χ4n) is 1.73. The van der Waals surface area contributed by atoms with Gasteiger partial charge in [-0.05, 0) is 31.2 Å². The number of carboxylic acids is 1. The molecule has 2 aromatic rings. The Hall–Kier alpha value is -2.51. The number of benzene rings is 2. The molecule has 0 fully saturated rings. The quantitative estimate of drug-likeness (QED) is 0.926. The number of nitriles is 1. The third kappa shape index (κ3) is 2.73. The fourth-order valence-corrected chi connectivity index (χ4v) is 1.95. The van der Waals surface area contributed by atoms with Gasteiger partial charge in [-0.1, -0.05) is 17.7 Å². The van der Waals surface area contributed by atoms with Crippen molar-refractivity contribution in [3.63, 3.8) is 0 Å². The highest BCUT2D eigenvalue weighted by Gasteiger charge is 2.12. The Labute approximate surface area is 120 Å². The highest BCUT2D eigenvalue weighted by atomic mass is 35.5. The average Bonchev–Trinajstić information content (AvgIpc) is 2.41. The van der Waals surface area contributed by atoms with Crippen LogP contribution in [0.2, 0.25) is 5.02 Å². The van der Waals surface area contributed by atoms with E-state index < -0.39 is 5.97 Å². The lowest BCUT2D eigenvalue weighted by Gasteiger charge is -2.11. The second-order valence-electron chi connectivity index (χ2n) is 4.09. The van der Waals surface area contributed by atoms with Crippen molar-refractivity contribution in [3.8, 4) is 17.6 Å². The van der Waals surface area contributed by atoms with Gasteiger partial charge in [-0.2, -0.15) is 5.26 Å². The van der Waals surface area contributed by atoms with Gasteiger partial charge in [-0.15, -0.1) is 0 Å². The first kappa shape index (κ1) is 13.9. The van der Waals surface area contributed by atoms with E-state index in [1.807, 2.05) is 6.07 Å². The van der Waals surface area contributed by atoms with Crippen molar-refractivity contribution < 1.29 is 14.6 Å². The molecule has 0 aromatic heterocycles. The van der Waals surface area contributed by atoms with Gasteiger partial charge in [0.2, 0.25) is 0 Å². The van der Waals surface area contributed by atoms with Crippen molar-refractivity contribution in [2.24, 2.45) is 0 Å². The lowest BCUT2D eigenvalue weighted by molar-refractivity contribution is 0.0695. The number of ether oxygens (including phenoxy) is 1. The van der Waals surface area contributed by atoms with E-state index >= 15 is 0 Å². The Morgan fingerprint density at radius 2 is 2.10 bits per heavy atom. The van der Waals surface area contributed by atoms with E-state index in [0.29, 0.717) is 22.6 Å². The molecular formula is C15H10ClNO3. The summed E-state index contributed by atoms with van der Waals surface area (Å²) in [5.41, 5.74) is 1.07. The predicted molar refractivity (Wildman–Crippen MR) is 74.4 cm³/mol. The zero-order valence-corrected chi connectivity index (χ0v) is 11.3. The van der Waals surface area contributed by atoms with Crippen LogP contribution in [0.1, 0.15) is 21.5 Å². The monoisotopic (exact) mass is 287 g/mol. The summed E-state index contributed by atoms with van der Waals surface area (Å²) in [7, 11) is 0. The molecule has 0 aliphatic carbocycles. The van der Waals surface area contributed by atoms with E-state index in [1.54, 1.807) is 31.2 Å². The van der Waals surface area contributed by atoms with Crippen LogP contribution in [0.3, 0.4) is 0 Å². The SMILES string of the molecule is Cc1c(Oc2ccc(C#N)c(Cl)c2)cccc1C(=O)O. The highest BCUT2D eigenvalue weighted by molar-refractivity contribution is 6.31. The molecule has 0 aliphatic heterocycles. The van der Waals surface area contributed by atoms with E-state index in [2.05, 4.69) is 0 Å². The number of carbonyl (C=O) groups is 1. The van der Waals surface area contributed by atoms with Gasteiger partial charge in [0.25, 0.3) is 0 Å². The van der Waals surface area contributed by atoms with Gasteiger partial charge in [0.1, 0.15) is 17.6 Å². The topological polar surface area (TPSA) is 70.3 Å². The third-order valence-electron chi connectivity index (χ3n) is 2.80. The minimum atomic E-state index is -1.01. The summed E-state index contributed by atoms with van der Waals surface area (Å²) in [5.74, 6) is -0.129. The summed E-state index contributed by atoms with van der Waals surface area (Å²) >= 11 is 5.92. The van der Waals surface area contributed by atoms with Crippen molar-refractivity contribution in [1.82, 2.24) is 0 Å². The number of hydrogen-bond acceptors (Lipinski definition) is 3. The molecule has 0 unspecified atom stereocenters. The van der Waals surface area contributed by atoms with Crippen LogP contribution in [0.25, 0.3) is 0 Å². The van der Waals surface area contributed by atoms with Gasteiger partial charge < -0.3 is 9.84 Å². The molecular weight excluding hydrogens is 278 g/mol. The van der Waals surface area contributed by atoms with Crippen LogP contribution in [0.15, 0.2) is 36.4 Å². The molecule has 100 valence electrons. The lowest BCUT2D eigenvalue weighted by atomic mass is 10.1. The van der Waals surface area contributed by atoms with Crippen LogP contribution in [0.5, 0.6) is 11.5 Å². The van der Waals surface area contributed by atoms with Crippen molar-refractivity contribution in [3.05, 3.63) is 58.1 Å². The van der Waals surface area contributed by atoms with Crippen molar-refractivity contribution in [1.29, 1.82) is 5.26 Å². The van der Waals surface area contributed by atoms with Gasteiger partial charge in [-0.3, -0.25) is 0 Å². The van der Waals surface area contributed by atoms with Crippen molar-refractivity contribution in [2.45, 2.75) is 6.92 Å². The molecule has 2 aromatic carbocycles. The molecule has 1 N–H and O–H groups in total. The molecule has 0 heterocycles. The summed E-state index contributed by atoms with van der Waals surface area (Å²) in [6.07, 6.45) is 0. The first-order valence-corrected chi connectivity index (χ1v) is 6.11. The predicted octanol–water partition coefficient (Wildman–Crippen LogP) is 4.01. The minimum absolute atomic E-state index is 0.183. The Morgan fingerprint density at radius 3 is 2.70 bits per heavy atom. The summed E-state index contributed by atoms with van der Waals surface area (Å²) in [6.45, 7) is 1.67. The molecule has 0 saturated carbocycles. The maximum Gasteiger partial charge on any atom is 0.336 e. The molecule has 0 amide bonds. The molecule has 20 heavy (non-hydrogen) atoms. The van der Waals surface area contributed by atoms with E-state index in [9.17, 15) is 4.79 Å². The van der Waals surface area contributed by atoms with E-state index in [4.69, 9.17) is 26.7 Å². The number of carboxylic acid groups (broad SMARTS) is 1. The Morgan fingerprint density at radius 1 is 1.35 bits per heavy atom. The Kier molecular flexibility index (Phi) is 3.92. The largest absolute Gasteiger partial charge is 0.478 e. The van der Waals surface area contributed by atoms with Crippen LogP contribution in [-0.4, -0.2) is 11.1 Å². The zero-order valence-electron chi connectivity index (χ0n) is 10.6. The standard InChI is InChI=1S/C15H10ClNO3/c1-9-12(15(18)19)3-2-4-14(9)20-11-6-5-10(8-17)13(16)7-11/h2-7H,1H3,(H,18,19). The van der Waals surface area contributed by atoms with Crippen LogP contribution in [0.4, 0.5) is 0 Å². The number of rotatable bonds is 3. The lowest BCUT2D eigenvalue weighted by Crippen LogP contribution is -2.00. The second kappa shape index (κ2) is 5.64. The summed E-state index contributed by atoms with van der Waals surface area (Å²) in [6, 6.07) is 11.4. The molecule has 2 rings (SSSR count). The van der Waals surface area contributed by atoms with E-state index in [-0.39, 0.29) is 10.6 Å². The van der Waals surface area contributed by atoms with Crippen LogP contribution >= 0.6 is 11.6 Å². The molecule has 0 radical (unpaired) electrons. The summed E-state index contributed by atoms with van der Waals surface area (Å²) in [4.78, 5) is 11.1. The van der Waals surface area contributed by atoms with Gasteiger partial charge in [0, 0.05) is 11.6 Å². The smallest absolute Gasteiger partial charge is 0.336 e. The minimum Gasteiger partial charge on any atom is -0.478 e. The fraction of sp³-hybridized carbons (Fsp3) is 0.0667. The third-order valence-corrected chi connectivity index (χ3v) is 3.12. The van der Waals surface area contributed by atoms with Gasteiger partial charge in [0.05, 0.1) is 16.1 Å². The molecule has 0 atom stereocenters. The average molecular weight is 288 g/mol. The first-order valence-electron chi connectivity index (χ1n) is 5.73. The first-order chi connectivity index (χ1) is 9.52. The van der Waals surface area contributed by atoms with Crippen LogP contribution in [-0.2, 0) is 0 Å². The van der Waals surface area contributed by atoms with Crippen molar-refractivity contribution >= 4 is 17.6 Å².